The summed E-state index contributed by atoms with van der Waals surface area (Å²) in [6.45, 7) is 9.16. The Balaban J connectivity index is 2.13. The summed E-state index contributed by atoms with van der Waals surface area (Å²) in [4.78, 5) is 12.0. The first-order valence-corrected chi connectivity index (χ1v) is 7.33. The molecule has 4 nitrogen and oxygen atoms in total. The van der Waals surface area contributed by atoms with Crippen LogP contribution >= 0.6 is 0 Å². The number of rotatable bonds is 5. The zero-order chi connectivity index (χ0) is 14.5. The highest BCUT2D eigenvalue weighted by Crippen LogP contribution is 2.29. The number of benzene rings is 1. The average Bonchev–Trinajstić information content (AvgIpc) is 2.44. The molecule has 0 aliphatic carbocycles. The number of ether oxygens (including phenoxy) is 1. The van der Waals surface area contributed by atoms with Crippen LogP contribution in [-0.2, 0) is 22.5 Å². The van der Waals surface area contributed by atoms with Gasteiger partial charge < -0.3 is 15.4 Å². The van der Waals surface area contributed by atoms with E-state index in [-0.39, 0.29) is 5.91 Å². The van der Waals surface area contributed by atoms with Crippen molar-refractivity contribution >= 4 is 11.6 Å². The number of carbonyl (C=O) groups excluding carboxylic acids is 1. The first kappa shape index (κ1) is 15.0. The van der Waals surface area contributed by atoms with Crippen LogP contribution in [0.25, 0.3) is 0 Å². The van der Waals surface area contributed by atoms with Crippen LogP contribution in [0, 0.1) is 13.8 Å². The molecule has 2 rings (SSSR count). The summed E-state index contributed by atoms with van der Waals surface area (Å²) in [5, 5.41) is 6.43. The van der Waals surface area contributed by atoms with Crippen LogP contribution in [0.1, 0.15) is 35.6 Å². The molecular weight excluding hydrogens is 252 g/mol. The number of anilines is 1. The monoisotopic (exact) mass is 276 g/mol. The molecule has 4 heteroatoms. The van der Waals surface area contributed by atoms with Crippen molar-refractivity contribution < 1.29 is 9.53 Å². The van der Waals surface area contributed by atoms with Gasteiger partial charge in [-0.1, -0.05) is 6.07 Å². The van der Waals surface area contributed by atoms with Gasteiger partial charge in [0.1, 0.15) is 0 Å². The number of aryl methyl sites for hydroxylation is 1. The number of fused-ring (bicyclic) bond motifs is 1. The highest BCUT2D eigenvalue weighted by Gasteiger charge is 2.17. The molecule has 20 heavy (non-hydrogen) atoms. The lowest BCUT2D eigenvalue weighted by Gasteiger charge is -2.23. The number of hydrogen-bond donors (Lipinski definition) is 2. The fourth-order valence-corrected chi connectivity index (χ4v) is 2.75. The Kier molecular flexibility index (Phi) is 5.15. The summed E-state index contributed by atoms with van der Waals surface area (Å²) in [6.07, 6.45) is 1.44. The lowest BCUT2D eigenvalue weighted by Crippen LogP contribution is -2.25. The van der Waals surface area contributed by atoms with Gasteiger partial charge in [0.2, 0.25) is 5.91 Å². The number of amides is 1. The van der Waals surface area contributed by atoms with Crippen LogP contribution in [-0.4, -0.2) is 25.7 Å². The fraction of sp³-hybridized carbons (Fsp3) is 0.562. The van der Waals surface area contributed by atoms with Crippen LogP contribution < -0.4 is 10.6 Å². The van der Waals surface area contributed by atoms with Crippen molar-refractivity contribution in [2.24, 2.45) is 0 Å². The molecule has 1 amide bonds. The predicted molar refractivity (Wildman–Crippen MR) is 81.1 cm³/mol. The highest BCUT2D eigenvalue weighted by atomic mass is 16.5. The standard InChI is InChI=1S/C16H24N2O2/c1-4-20-8-6-15(19)18-16-11(2)9-13-10-17-7-5-14(13)12(16)3/h9,17H,4-8,10H2,1-3H3,(H,18,19). The Morgan fingerprint density at radius 2 is 2.25 bits per heavy atom. The van der Waals surface area contributed by atoms with Gasteiger partial charge in [-0.3, -0.25) is 4.79 Å². The first-order valence-electron chi connectivity index (χ1n) is 7.33. The van der Waals surface area contributed by atoms with Gasteiger partial charge in [0.05, 0.1) is 13.0 Å². The minimum Gasteiger partial charge on any atom is -0.381 e. The summed E-state index contributed by atoms with van der Waals surface area (Å²) in [5.41, 5.74) is 6.07. The largest absolute Gasteiger partial charge is 0.381 e. The van der Waals surface area contributed by atoms with Crippen molar-refractivity contribution in [1.82, 2.24) is 5.32 Å². The van der Waals surface area contributed by atoms with E-state index in [0.717, 1.165) is 30.8 Å². The van der Waals surface area contributed by atoms with E-state index in [1.54, 1.807) is 0 Å². The average molecular weight is 276 g/mol. The van der Waals surface area contributed by atoms with Crippen molar-refractivity contribution in [2.45, 2.75) is 40.2 Å². The minimum atomic E-state index is 0.0264. The highest BCUT2D eigenvalue weighted by molar-refractivity contribution is 5.92. The van der Waals surface area contributed by atoms with E-state index in [1.165, 1.54) is 16.7 Å². The summed E-state index contributed by atoms with van der Waals surface area (Å²) in [5.74, 6) is 0.0264. The Labute approximate surface area is 120 Å². The van der Waals surface area contributed by atoms with Crippen molar-refractivity contribution in [1.29, 1.82) is 0 Å². The molecule has 0 spiro atoms. The SMILES string of the molecule is CCOCCC(=O)Nc1c(C)cc2c(c1C)CCNC2. The Morgan fingerprint density at radius 1 is 1.45 bits per heavy atom. The number of nitrogens with one attached hydrogen (secondary N) is 2. The van der Waals surface area contributed by atoms with Gasteiger partial charge in [-0.25, -0.2) is 0 Å². The topological polar surface area (TPSA) is 50.4 Å². The minimum absolute atomic E-state index is 0.0264. The molecule has 0 fully saturated rings. The molecular formula is C16H24N2O2. The molecule has 1 aliphatic rings. The third-order valence-corrected chi connectivity index (χ3v) is 3.81. The molecule has 0 unspecified atom stereocenters. The maximum atomic E-state index is 12.0. The molecule has 0 saturated carbocycles. The summed E-state index contributed by atoms with van der Waals surface area (Å²) < 4.78 is 5.22. The van der Waals surface area contributed by atoms with Gasteiger partial charge in [-0.05, 0) is 56.0 Å². The molecule has 110 valence electrons. The normalized spacial score (nSPS) is 13.9. The third kappa shape index (κ3) is 3.38. The fourth-order valence-electron chi connectivity index (χ4n) is 2.75. The molecule has 1 aromatic rings. The van der Waals surface area contributed by atoms with Crippen LogP contribution in [0.2, 0.25) is 0 Å². The van der Waals surface area contributed by atoms with E-state index in [9.17, 15) is 4.79 Å². The lowest BCUT2D eigenvalue weighted by molar-refractivity contribution is -0.117. The van der Waals surface area contributed by atoms with E-state index in [2.05, 4.69) is 30.5 Å². The number of carbonyl (C=O) groups is 1. The van der Waals surface area contributed by atoms with Gasteiger partial charge in [0, 0.05) is 18.8 Å². The second-order valence-electron chi connectivity index (χ2n) is 5.25. The van der Waals surface area contributed by atoms with Crippen LogP contribution in [0.15, 0.2) is 6.07 Å². The Hall–Kier alpha value is -1.39. The van der Waals surface area contributed by atoms with Gasteiger partial charge in [-0.15, -0.1) is 0 Å². The predicted octanol–water partition coefficient (Wildman–Crippen LogP) is 2.31. The summed E-state index contributed by atoms with van der Waals surface area (Å²) >= 11 is 0. The van der Waals surface area contributed by atoms with Crippen LogP contribution in [0.4, 0.5) is 5.69 Å². The molecule has 2 N–H and O–H groups in total. The van der Waals surface area contributed by atoms with Gasteiger partial charge in [0.25, 0.3) is 0 Å². The van der Waals surface area contributed by atoms with E-state index in [4.69, 9.17) is 4.74 Å². The van der Waals surface area contributed by atoms with E-state index in [1.807, 2.05) is 6.92 Å². The Morgan fingerprint density at radius 3 is 3.00 bits per heavy atom. The molecule has 1 aliphatic heterocycles. The quantitative estimate of drug-likeness (QED) is 0.811. The molecule has 0 saturated heterocycles. The third-order valence-electron chi connectivity index (χ3n) is 3.81. The maximum absolute atomic E-state index is 12.0. The van der Waals surface area contributed by atoms with Crippen molar-refractivity contribution in [3.8, 4) is 0 Å². The second kappa shape index (κ2) is 6.86. The zero-order valence-corrected chi connectivity index (χ0v) is 12.6. The number of hydrogen-bond acceptors (Lipinski definition) is 3. The molecule has 1 aromatic carbocycles. The van der Waals surface area contributed by atoms with Crippen molar-refractivity contribution in [2.75, 3.05) is 25.1 Å². The van der Waals surface area contributed by atoms with Gasteiger partial charge in [0.15, 0.2) is 0 Å². The molecule has 0 bridgehead atoms. The second-order valence-corrected chi connectivity index (χ2v) is 5.25. The smallest absolute Gasteiger partial charge is 0.226 e. The zero-order valence-electron chi connectivity index (χ0n) is 12.6. The van der Waals surface area contributed by atoms with Crippen molar-refractivity contribution in [3.63, 3.8) is 0 Å². The van der Waals surface area contributed by atoms with E-state index in [0.29, 0.717) is 19.6 Å². The summed E-state index contributed by atoms with van der Waals surface area (Å²) in [6, 6.07) is 2.19. The summed E-state index contributed by atoms with van der Waals surface area (Å²) in [7, 11) is 0. The van der Waals surface area contributed by atoms with Crippen LogP contribution in [0.3, 0.4) is 0 Å². The van der Waals surface area contributed by atoms with Gasteiger partial charge >= 0.3 is 0 Å². The molecule has 1 heterocycles. The molecule has 0 atom stereocenters. The Bertz CT molecular complexity index is 498. The van der Waals surface area contributed by atoms with Crippen LogP contribution in [0.5, 0.6) is 0 Å². The van der Waals surface area contributed by atoms with E-state index < -0.39 is 0 Å². The lowest BCUT2D eigenvalue weighted by atomic mass is 9.92. The van der Waals surface area contributed by atoms with Crippen molar-refractivity contribution in [3.05, 3.63) is 28.3 Å². The first-order chi connectivity index (χ1) is 9.63. The van der Waals surface area contributed by atoms with E-state index >= 15 is 0 Å². The maximum Gasteiger partial charge on any atom is 0.226 e. The molecule has 0 aromatic heterocycles. The molecule has 0 radical (unpaired) electrons. The van der Waals surface area contributed by atoms with Gasteiger partial charge in [-0.2, -0.15) is 0 Å².